The molecule has 0 saturated heterocycles. The van der Waals surface area contributed by atoms with Crippen molar-refractivity contribution in [2.75, 3.05) is 0 Å². The van der Waals surface area contributed by atoms with Gasteiger partial charge in [0.1, 0.15) is 0 Å². The molecular formula is C44H28F12. The van der Waals surface area contributed by atoms with Gasteiger partial charge in [0.25, 0.3) is 0 Å². The lowest BCUT2D eigenvalue weighted by atomic mass is 9.83. The van der Waals surface area contributed by atoms with E-state index >= 15 is 0 Å². The molecule has 0 unspecified atom stereocenters. The van der Waals surface area contributed by atoms with Crippen molar-refractivity contribution in [1.82, 2.24) is 0 Å². The number of alkyl halides is 12. The first-order valence-corrected chi connectivity index (χ1v) is 16.8. The Morgan fingerprint density at radius 2 is 1.02 bits per heavy atom. The van der Waals surface area contributed by atoms with Crippen molar-refractivity contribution in [2.24, 2.45) is 0 Å². The standard InChI is InChI=1S/C44H28F12/c1-3-4-14-35(41(45,46)47)25(2)22-27-18-20-31-33(29-12-6-9-16-37(29)43(51,52)53)24-34(30-13-7-10-17-38(30)44(54,55)56)32-21-19-28(39(27)40(31)32)23-26-11-5-8-15-36(26)42(48,49)50/h3-22,24H,1,23H2,2H3/b14-4-,27-22+,35-25-. The van der Waals surface area contributed by atoms with Gasteiger partial charge in [0, 0.05) is 0 Å². The minimum Gasteiger partial charge on any atom is -0.166 e. The highest BCUT2D eigenvalue weighted by Gasteiger charge is 2.37. The Morgan fingerprint density at radius 1 is 0.536 bits per heavy atom. The van der Waals surface area contributed by atoms with E-state index in [-0.39, 0.29) is 54.6 Å². The lowest BCUT2D eigenvalue weighted by Crippen LogP contribution is -2.14. The molecule has 0 amide bonds. The first-order valence-electron chi connectivity index (χ1n) is 16.8. The van der Waals surface area contributed by atoms with Crippen LogP contribution in [0.15, 0.2) is 139 Å². The van der Waals surface area contributed by atoms with E-state index in [0.717, 1.165) is 73.7 Å². The minimum absolute atomic E-state index is 0.0326. The SMILES string of the molecule is C=C\C=C/C(=C(C)/C=c1\ccc2c(-c3ccccc3C(F)(F)F)cc(-c3ccccc3C(F)(F)F)c3ccc(Cc4ccccc4C(F)(F)F)c1c32)C(F)(F)F. The maximum atomic E-state index is 14.6. The second-order valence-electron chi connectivity index (χ2n) is 12.9. The fourth-order valence-corrected chi connectivity index (χ4v) is 7.07. The molecule has 0 heterocycles. The number of benzene rings is 6. The molecule has 0 nitrogen and oxygen atoms in total. The van der Waals surface area contributed by atoms with Crippen molar-refractivity contribution in [3.05, 3.63) is 172 Å². The molecule has 0 radical (unpaired) electrons. The zero-order chi connectivity index (χ0) is 40.8. The van der Waals surface area contributed by atoms with Crippen molar-refractivity contribution in [1.29, 1.82) is 0 Å². The second-order valence-corrected chi connectivity index (χ2v) is 12.9. The second kappa shape index (κ2) is 14.7. The van der Waals surface area contributed by atoms with Crippen LogP contribution in [0, 0.1) is 0 Å². The van der Waals surface area contributed by atoms with E-state index < -0.39 is 64.5 Å². The molecule has 0 aliphatic carbocycles. The average Bonchev–Trinajstić information content (AvgIpc) is 3.12. The van der Waals surface area contributed by atoms with E-state index in [1.165, 1.54) is 60.7 Å². The average molecular weight is 785 g/mol. The Morgan fingerprint density at radius 3 is 1.52 bits per heavy atom. The van der Waals surface area contributed by atoms with Crippen LogP contribution in [-0.2, 0) is 24.9 Å². The zero-order valence-electron chi connectivity index (χ0n) is 29.1. The molecule has 56 heavy (non-hydrogen) atoms. The van der Waals surface area contributed by atoms with E-state index in [1.807, 2.05) is 0 Å². The molecule has 0 fully saturated rings. The van der Waals surface area contributed by atoms with Gasteiger partial charge in [0.15, 0.2) is 0 Å². The Balaban J connectivity index is 1.87. The van der Waals surface area contributed by atoms with Crippen molar-refractivity contribution in [3.8, 4) is 22.3 Å². The summed E-state index contributed by atoms with van der Waals surface area (Å²) in [4.78, 5) is 0. The third-order valence-electron chi connectivity index (χ3n) is 9.40. The summed E-state index contributed by atoms with van der Waals surface area (Å²) in [6.45, 7) is 4.56. The molecule has 0 aromatic heterocycles. The van der Waals surface area contributed by atoms with Gasteiger partial charge in [0.05, 0.1) is 22.3 Å². The molecular weight excluding hydrogens is 756 g/mol. The summed E-state index contributed by atoms with van der Waals surface area (Å²) in [5.41, 5.74) is -5.84. The van der Waals surface area contributed by atoms with Gasteiger partial charge in [-0.05, 0) is 109 Å². The lowest BCUT2D eigenvalue weighted by molar-refractivity contribution is -0.138. The quantitative estimate of drug-likeness (QED) is 0.112. The number of halogens is 12. The monoisotopic (exact) mass is 784 g/mol. The number of allylic oxidation sites excluding steroid dienone is 5. The summed E-state index contributed by atoms with van der Waals surface area (Å²) in [6, 6.07) is 20.1. The topological polar surface area (TPSA) is 0 Å². The van der Waals surface area contributed by atoms with Crippen molar-refractivity contribution in [3.63, 3.8) is 0 Å². The van der Waals surface area contributed by atoms with Crippen LogP contribution in [0.3, 0.4) is 0 Å². The third-order valence-corrected chi connectivity index (χ3v) is 9.40. The van der Waals surface area contributed by atoms with Crippen molar-refractivity contribution >= 4 is 27.6 Å². The van der Waals surface area contributed by atoms with Gasteiger partial charge in [0.2, 0.25) is 0 Å². The van der Waals surface area contributed by atoms with Gasteiger partial charge in [-0.15, -0.1) is 0 Å². The first-order chi connectivity index (χ1) is 26.2. The summed E-state index contributed by atoms with van der Waals surface area (Å²) in [5, 5.41) is 0.275. The van der Waals surface area contributed by atoms with Gasteiger partial charge in [-0.2, -0.15) is 52.7 Å². The van der Waals surface area contributed by atoms with E-state index in [4.69, 9.17) is 0 Å². The fourth-order valence-electron chi connectivity index (χ4n) is 7.07. The maximum Gasteiger partial charge on any atom is 0.417 e. The lowest BCUT2D eigenvalue weighted by Gasteiger charge is -2.22. The molecule has 0 spiro atoms. The van der Waals surface area contributed by atoms with Crippen molar-refractivity contribution in [2.45, 2.75) is 38.0 Å². The molecule has 6 aromatic carbocycles. The summed E-state index contributed by atoms with van der Waals surface area (Å²) in [6.07, 6.45) is -15.9. The maximum absolute atomic E-state index is 14.6. The van der Waals surface area contributed by atoms with Gasteiger partial charge in [-0.3, -0.25) is 0 Å². The Bertz CT molecular complexity index is 2500. The molecule has 6 aromatic rings. The van der Waals surface area contributed by atoms with Crippen LogP contribution in [0.2, 0.25) is 0 Å². The van der Waals surface area contributed by atoms with E-state index in [9.17, 15) is 52.7 Å². The van der Waals surface area contributed by atoms with Gasteiger partial charge in [-0.25, -0.2) is 0 Å². The minimum atomic E-state index is -4.92. The highest BCUT2D eigenvalue weighted by Crippen LogP contribution is 2.47. The van der Waals surface area contributed by atoms with Crippen LogP contribution in [-0.4, -0.2) is 6.18 Å². The molecule has 288 valence electrons. The van der Waals surface area contributed by atoms with Crippen LogP contribution in [0.5, 0.6) is 0 Å². The number of hydrogen-bond donors (Lipinski definition) is 0. The molecule has 0 aliphatic rings. The number of hydrogen-bond acceptors (Lipinski definition) is 0. The van der Waals surface area contributed by atoms with Crippen LogP contribution in [0.25, 0.3) is 49.9 Å². The highest BCUT2D eigenvalue weighted by molar-refractivity contribution is 6.21. The van der Waals surface area contributed by atoms with Crippen LogP contribution in [0.1, 0.15) is 34.7 Å². The van der Waals surface area contributed by atoms with E-state index in [1.54, 1.807) is 0 Å². The molecule has 0 atom stereocenters. The molecule has 6 rings (SSSR count). The first kappa shape index (κ1) is 39.9. The summed E-state index contributed by atoms with van der Waals surface area (Å²) < 4.78 is 173. The van der Waals surface area contributed by atoms with Gasteiger partial charge < -0.3 is 0 Å². The molecule has 12 heteroatoms. The van der Waals surface area contributed by atoms with Crippen LogP contribution in [0.4, 0.5) is 52.7 Å². The van der Waals surface area contributed by atoms with Gasteiger partial charge in [-0.1, -0.05) is 104 Å². The van der Waals surface area contributed by atoms with Crippen molar-refractivity contribution < 1.29 is 52.7 Å². The Hall–Kier alpha value is -5.78. The predicted octanol–water partition coefficient (Wildman–Crippen LogP) is 14.1. The normalized spacial score (nSPS) is 13.9. The highest BCUT2D eigenvalue weighted by atomic mass is 19.4. The summed E-state index contributed by atoms with van der Waals surface area (Å²) >= 11 is 0. The predicted molar refractivity (Wildman–Crippen MR) is 194 cm³/mol. The van der Waals surface area contributed by atoms with E-state index in [2.05, 4.69) is 6.58 Å². The molecule has 0 bridgehead atoms. The molecule has 0 aliphatic heterocycles. The molecule has 0 saturated carbocycles. The third kappa shape index (κ3) is 7.82. The largest absolute Gasteiger partial charge is 0.417 e. The number of rotatable bonds is 7. The van der Waals surface area contributed by atoms with Crippen LogP contribution < -0.4 is 5.22 Å². The summed E-state index contributed by atoms with van der Waals surface area (Å²) in [7, 11) is 0. The van der Waals surface area contributed by atoms with Crippen LogP contribution >= 0.6 is 0 Å². The fraction of sp³-hybridized carbons (Fsp3) is 0.136. The molecule has 0 N–H and O–H groups in total. The van der Waals surface area contributed by atoms with Gasteiger partial charge >= 0.3 is 24.7 Å². The van der Waals surface area contributed by atoms with E-state index in [0.29, 0.717) is 0 Å². The summed E-state index contributed by atoms with van der Waals surface area (Å²) in [5.74, 6) is 0. The smallest absolute Gasteiger partial charge is 0.166 e. The Labute approximate surface area is 312 Å². The Kier molecular flexibility index (Phi) is 10.5. The zero-order valence-corrected chi connectivity index (χ0v) is 29.1.